The maximum Gasteiger partial charge on any atom is 0.221 e. The van der Waals surface area contributed by atoms with E-state index in [-0.39, 0.29) is 5.91 Å². The van der Waals surface area contributed by atoms with Gasteiger partial charge in [-0.1, -0.05) is 48.0 Å². The summed E-state index contributed by atoms with van der Waals surface area (Å²) in [5.74, 6) is 0.908. The molecule has 1 fully saturated rings. The summed E-state index contributed by atoms with van der Waals surface area (Å²) in [6, 6.07) is 20.5. The molecule has 1 saturated heterocycles. The summed E-state index contributed by atoms with van der Waals surface area (Å²) in [6.07, 6.45) is -5.06. The highest BCUT2D eigenvalue weighted by Gasteiger charge is 2.44. The van der Waals surface area contributed by atoms with Gasteiger partial charge in [0, 0.05) is 22.6 Å². The van der Waals surface area contributed by atoms with Gasteiger partial charge in [-0.05, 0) is 60.4 Å². The van der Waals surface area contributed by atoms with Crippen LogP contribution in [0.3, 0.4) is 0 Å². The lowest BCUT2D eigenvalue weighted by molar-refractivity contribution is -0.218. The zero-order chi connectivity index (χ0) is 27.2. The Morgan fingerprint density at radius 1 is 1.03 bits per heavy atom. The minimum absolute atomic E-state index is 0.186. The zero-order valence-corrected chi connectivity index (χ0v) is 22.8. The summed E-state index contributed by atoms with van der Waals surface area (Å²) in [7, 11) is 0. The van der Waals surface area contributed by atoms with E-state index in [1.54, 1.807) is 18.2 Å². The van der Waals surface area contributed by atoms with Crippen molar-refractivity contribution in [3.05, 3.63) is 88.4 Å². The van der Waals surface area contributed by atoms with E-state index in [1.165, 1.54) is 18.7 Å². The lowest BCUT2D eigenvalue weighted by Gasteiger charge is -2.41. The van der Waals surface area contributed by atoms with Crippen molar-refractivity contribution in [1.29, 1.82) is 0 Å². The number of carbonyl (C=O) groups excluding carboxylic acids is 1. The molecule has 4 N–H and O–H groups in total. The van der Waals surface area contributed by atoms with Crippen LogP contribution in [0.2, 0.25) is 5.02 Å². The summed E-state index contributed by atoms with van der Waals surface area (Å²) < 4.78 is 11.7. The Morgan fingerprint density at radius 3 is 2.47 bits per heavy atom. The monoisotopic (exact) mass is 557 g/mol. The first kappa shape index (κ1) is 28.4. The number of amides is 1. The minimum Gasteiger partial charge on any atom is -0.494 e. The molecule has 0 aromatic heterocycles. The number of hydrogen-bond acceptors (Lipinski definition) is 7. The molecule has 1 heterocycles. The first-order valence-electron chi connectivity index (χ1n) is 12.5. The SMILES string of the molecule is CCOc1ccc(Cc2cc(C3O[C@H](CSc4ccccc4NC(C)=O)[C@@H](O)C(O)C3O)ccc2Cl)cc1. The third kappa shape index (κ3) is 6.88. The average molecular weight is 558 g/mol. The molecule has 0 aliphatic carbocycles. The van der Waals surface area contributed by atoms with Crippen LogP contribution in [0, 0.1) is 0 Å². The topological polar surface area (TPSA) is 108 Å². The van der Waals surface area contributed by atoms with E-state index in [9.17, 15) is 20.1 Å². The van der Waals surface area contributed by atoms with E-state index in [2.05, 4.69) is 5.32 Å². The molecular formula is C29H32ClNO6S. The normalized spacial score (nSPS) is 23.2. The van der Waals surface area contributed by atoms with Crippen molar-refractivity contribution >= 4 is 35.0 Å². The number of thioether (sulfide) groups is 1. The molecule has 4 rings (SSSR count). The highest BCUT2D eigenvalue weighted by atomic mass is 35.5. The van der Waals surface area contributed by atoms with E-state index in [1.807, 2.05) is 55.5 Å². The van der Waals surface area contributed by atoms with Crippen molar-refractivity contribution in [3.8, 4) is 5.75 Å². The second-order valence-corrected chi connectivity index (χ2v) is 10.6. The molecule has 9 heteroatoms. The number of rotatable bonds is 9. The fourth-order valence-electron chi connectivity index (χ4n) is 4.42. The number of ether oxygens (including phenoxy) is 2. The van der Waals surface area contributed by atoms with Gasteiger partial charge in [-0.25, -0.2) is 0 Å². The Bertz CT molecular complexity index is 1240. The molecule has 1 aliphatic heterocycles. The van der Waals surface area contributed by atoms with Crippen LogP contribution in [0.1, 0.15) is 36.6 Å². The van der Waals surface area contributed by atoms with E-state index in [0.717, 1.165) is 21.8 Å². The van der Waals surface area contributed by atoms with Gasteiger partial charge in [-0.2, -0.15) is 0 Å². The standard InChI is InChI=1S/C29H32ClNO6S/c1-3-36-21-11-8-18(9-12-21)14-20-15-19(10-13-22(20)30)29-28(35)27(34)26(33)24(37-29)16-38-25-7-5-4-6-23(25)31-17(2)32/h4-13,15,24,26-29,33-35H,3,14,16H2,1-2H3,(H,31,32)/t24-,26-,27?,28?,29?/m1/s1. The largest absolute Gasteiger partial charge is 0.494 e. The molecule has 3 aromatic rings. The van der Waals surface area contributed by atoms with Crippen LogP contribution in [-0.4, -0.2) is 58.0 Å². The molecule has 0 spiro atoms. The number of anilines is 1. The van der Waals surface area contributed by atoms with E-state index in [0.29, 0.717) is 35.1 Å². The molecular weight excluding hydrogens is 526 g/mol. The van der Waals surface area contributed by atoms with Crippen LogP contribution < -0.4 is 10.1 Å². The molecule has 0 saturated carbocycles. The van der Waals surface area contributed by atoms with E-state index in [4.69, 9.17) is 21.1 Å². The molecule has 0 radical (unpaired) electrons. The summed E-state index contributed by atoms with van der Waals surface area (Å²) >= 11 is 7.89. The van der Waals surface area contributed by atoms with Gasteiger partial charge in [0.15, 0.2) is 0 Å². The van der Waals surface area contributed by atoms with Gasteiger partial charge in [0.2, 0.25) is 5.91 Å². The molecule has 5 atom stereocenters. The minimum atomic E-state index is -1.39. The summed E-state index contributed by atoms with van der Waals surface area (Å²) in [6.45, 7) is 3.97. The Kier molecular flexibility index (Phi) is 9.70. The Hall–Kier alpha value is -2.59. The first-order valence-corrected chi connectivity index (χ1v) is 13.8. The number of benzene rings is 3. The average Bonchev–Trinajstić information content (AvgIpc) is 2.90. The number of para-hydroxylation sites is 1. The quantitative estimate of drug-likeness (QED) is 0.285. The van der Waals surface area contributed by atoms with Crippen LogP contribution in [0.5, 0.6) is 5.75 Å². The summed E-state index contributed by atoms with van der Waals surface area (Å²) in [4.78, 5) is 12.4. The highest BCUT2D eigenvalue weighted by Crippen LogP contribution is 2.37. The molecule has 1 aliphatic rings. The van der Waals surface area contributed by atoms with Crippen LogP contribution in [-0.2, 0) is 16.0 Å². The summed E-state index contributed by atoms with van der Waals surface area (Å²) in [5.41, 5.74) is 3.20. The maximum absolute atomic E-state index is 11.5. The number of aliphatic hydroxyl groups excluding tert-OH is 3. The number of aliphatic hydroxyl groups is 3. The van der Waals surface area contributed by atoms with Gasteiger partial charge < -0.3 is 30.1 Å². The van der Waals surface area contributed by atoms with E-state index >= 15 is 0 Å². The number of hydrogen-bond donors (Lipinski definition) is 4. The van der Waals surface area contributed by atoms with Gasteiger partial charge in [0.05, 0.1) is 18.4 Å². The van der Waals surface area contributed by atoms with E-state index < -0.39 is 30.5 Å². The Labute approximate surface area is 231 Å². The highest BCUT2D eigenvalue weighted by molar-refractivity contribution is 7.99. The molecule has 3 aromatic carbocycles. The molecule has 38 heavy (non-hydrogen) atoms. The van der Waals surface area contributed by atoms with Crippen LogP contribution >= 0.6 is 23.4 Å². The third-order valence-corrected chi connectivity index (χ3v) is 7.87. The van der Waals surface area contributed by atoms with Crippen molar-refractivity contribution in [3.63, 3.8) is 0 Å². The van der Waals surface area contributed by atoms with Crippen molar-refractivity contribution in [2.75, 3.05) is 17.7 Å². The lowest BCUT2D eigenvalue weighted by atomic mass is 9.90. The molecule has 0 bridgehead atoms. The second-order valence-electron chi connectivity index (χ2n) is 9.16. The van der Waals surface area contributed by atoms with Crippen LogP contribution in [0.25, 0.3) is 0 Å². The smallest absolute Gasteiger partial charge is 0.221 e. The van der Waals surface area contributed by atoms with Crippen molar-refractivity contribution in [2.45, 2.75) is 55.7 Å². The number of nitrogens with one attached hydrogen (secondary N) is 1. The molecule has 7 nitrogen and oxygen atoms in total. The molecule has 1 amide bonds. The number of halogens is 1. The number of carbonyl (C=O) groups is 1. The van der Waals surface area contributed by atoms with Crippen LogP contribution in [0.15, 0.2) is 71.6 Å². The van der Waals surface area contributed by atoms with Gasteiger partial charge in [0.25, 0.3) is 0 Å². The van der Waals surface area contributed by atoms with Gasteiger partial charge in [-0.3, -0.25) is 4.79 Å². The van der Waals surface area contributed by atoms with Gasteiger partial charge in [0.1, 0.15) is 30.2 Å². The Morgan fingerprint density at radius 2 is 1.76 bits per heavy atom. The van der Waals surface area contributed by atoms with Crippen molar-refractivity contribution < 1.29 is 29.6 Å². The van der Waals surface area contributed by atoms with Crippen molar-refractivity contribution in [2.24, 2.45) is 0 Å². The van der Waals surface area contributed by atoms with Gasteiger partial charge >= 0.3 is 0 Å². The predicted octanol–water partition coefficient (Wildman–Crippen LogP) is 4.60. The zero-order valence-electron chi connectivity index (χ0n) is 21.2. The fraction of sp³-hybridized carbons (Fsp3) is 0.345. The fourth-order valence-corrected chi connectivity index (χ4v) is 5.67. The predicted molar refractivity (Wildman–Crippen MR) is 149 cm³/mol. The van der Waals surface area contributed by atoms with Crippen LogP contribution in [0.4, 0.5) is 5.69 Å². The van der Waals surface area contributed by atoms with Crippen molar-refractivity contribution in [1.82, 2.24) is 0 Å². The molecule has 3 unspecified atom stereocenters. The lowest BCUT2D eigenvalue weighted by Crippen LogP contribution is -2.54. The molecule has 202 valence electrons. The summed E-state index contributed by atoms with van der Waals surface area (Å²) in [5, 5.41) is 35.5. The first-order chi connectivity index (χ1) is 18.3. The Balaban J connectivity index is 1.51. The van der Waals surface area contributed by atoms with Gasteiger partial charge in [-0.15, -0.1) is 11.8 Å². The second kappa shape index (κ2) is 13.0. The maximum atomic E-state index is 11.5. The third-order valence-electron chi connectivity index (χ3n) is 6.34.